The first-order chi connectivity index (χ1) is 10.1. The van der Waals surface area contributed by atoms with Gasteiger partial charge in [-0.2, -0.15) is 0 Å². The Labute approximate surface area is 125 Å². The Morgan fingerprint density at radius 2 is 2.24 bits per heavy atom. The third-order valence-corrected chi connectivity index (χ3v) is 3.93. The van der Waals surface area contributed by atoms with E-state index in [-0.39, 0.29) is 16.7 Å². The largest absolute Gasteiger partial charge is 0.483 e. The van der Waals surface area contributed by atoms with Crippen molar-refractivity contribution < 1.29 is 9.66 Å². The van der Waals surface area contributed by atoms with Crippen molar-refractivity contribution in [1.82, 2.24) is 0 Å². The fourth-order valence-corrected chi connectivity index (χ4v) is 2.87. The molecule has 1 aromatic rings. The van der Waals surface area contributed by atoms with Crippen molar-refractivity contribution in [3.05, 3.63) is 28.3 Å². The molecule has 5 heteroatoms. The molecule has 0 aromatic heterocycles. The lowest BCUT2D eigenvalue weighted by Crippen LogP contribution is -2.24. The third kappa shape index (κ3) is 4.09. The van der Waals surface area contributed by atoms with E-state index in [2.05, 4.69) is 12.2 Å². The van der Waals surface area contributed by atoms with Crippen molar-refractivity contribution in [3.63, 3.8) is 0 Å². The molecule has 0 radical (unpaired) electrons. The molecular formula is C16H24N2O3. The molecule has 0 saturated heterocycles. The van der Waals surface area contributed by atoms with Gasteiger partial charge in [-0.05, 0) is 43.7 Å². The molecule has 2 atom stereocenters. The van der Waals surface area contributed by atoms with E-state index in [1.54, 1.807) is 12.1 Å². The van der Waals surface area contributed by atoms with E-state index in [1.807, 2.05) is 13.0 Å². The maximum Gasteiger partial charge on any atom is 0.333 e. The number of rotatable bonds is 6. The molecule has 1 aromatic carbocycles. The zero-order valence-electron chi connectivity index (χ0n) is 12.8. The second kappa shape index (κ2) is 7.29. The van der Waals surface area contributed by atoms with Crippen molar-refractivity contribution in [2.45, 2.75) is 52.1 Å². The highest BCUT2D eigenvalue weighted by Crippen LogP contribution is 2.37. The fourth-order valence-electron chi connectivity index (χ4n) is 2.87. The molecule has 1 aliphatic rings. The predicted octanol–water partition coefficient (Wildman–Crippen LogP) is 4.37. The van der Waals surface area contributed by atoms with E-state index in [9.17, 15) is 10.1 Å². The average molecular weight is 292 g/mol. The molecule has 2 rings (SSSR count). The number of nitrogens with one attached hydrogen (secondary N) is 1. The zero-order chi connectivity index (χ0) is 15.2. The van der Waals surface area contributed by atoms with Crippen LogP contribution in [0.25, 0.3) is 0 Å². The summed E-state index contributed by atoms with van der Waals surface area (Å²) in [5, 5.41) is 14.5. The van der Waals surface area contributed by atoms with Crippen LogP contribution >= 0.6 is 0 Å². The predicted molar refractivity (Wildman–Crippen MR) is 83.9 cm³/mol. The molecule has 1 fully saturated rings. The van der Waals surface area contributed by atoms with Crippen LogP contribution in [0.15, 0.2) is 18.2 Å². The van der Waals surface area contributed by atoms with E-state index in [1.165, 1.54) is 6.42 Å². The molecule has 116 valence electrons. The summed E-state index contributed by atoms with van der Waals surface area (Å²) in [7, 11) is 0. The van der Waals surface area contributed by atoms with Crippen LogP contribution in [0.3, 0.4) is 0 Å². The smallest absolute Gasteiger partial charge is 0.333 e. The quantitative estimate of drug-likeness (QED) is 0.624. The lowest BCUT2D eigenvalue weighted by Gasteiger charge is -2.27. The van der Waals surface area contributed by atoms with Gasteiger partial charge >= 0.3 is 5.69 Å². The molecule has 1 aliphatic carbocycles. The summed E-state index contributed by atoms with van der Waals surface area (Å²) in [6.07, 6.45) is 5.32. The SMILES string of the molecule is CCCNc1cccc(OC2CCCC(C)C2)c1[N+](=O)[O-]. The number of ether oxygens (including phenoxy) is 1. The van der Waals surface area contributed by atoms with Gasteiger partial charge in [0.2, 0.25) is 0 Å². The Kier molecular flexibility index (Phi) is 5.42. The highest BCUT2D eigenvalue weighted by molar-refractivity contribution is 5.68. The number of hydrogen-bond acceptors (Lipinski definition) is 4. The fraction of sp³-hybridized carbons (Fsp3) is 0.625. The van der Waals surface area contributed by atoms with Gasteiger partial charge in [0.05, 0.1) is 11.0 Å². The number of benzene rings is 1. The van der Waals surface area contributed by atoms with Crippen molar-refractivity contribution in [2.75, 3.05) is 11.9 Å². The number of nitrogens with zero attached hydrogens (tertiary/aromatic N) is 1. The van der Waals surface area contributed by atoms with Gasteiger partial charge in [0.1, 0.15) is 5.69 Å². The number of nitro benzene ring substituents is 1. The zero-order valence-corrected chi connectivity index (χ0v) is 12.8. The minimum Gasteiger partial charge on any atom is -0.483 e. The van der Waals surface area contributed by atoms with Gasteiger partial charge in [-0.1, -0.05) is 26.3 Å². The second-order valence-electron chi connectivity index (χ2n) is 5.85. The first kappa shape index (κ1) is 15.6. The lowest BCUT2D eigenvalue weighted by atomic mass is 9.89. The Morgan fingerprint density at radius 1 is 1.43 bits per heavy atom. The summed E-state index contributed by atoms with van der Waals surface area (Å²) in [6, 6.07) is 5.26. The van der Waals surface area contributed by atoms with Crippen LogP contribution in [-0.2, 0) is 0 Å². The lowest BCUT2D eigenvalue weighted by molar-refractivity contribution is -0.385. The highest BCUT2D eigenvalue weighted by atomic mass is 16.6. The summed E-state index contributed by atoms with van der Waals surface area (Å²) in [5.74, 6) is 1.02. The summed E-state index contributed by atoms with van der Waals surface area (Å²) >= 11 is 0. The van der Waals surface area contributed by atoms with Gasteiger partial charge in [-0.15, -0.1) is 0 Å². The standard InChI is InChI=1S/C16H24N2O3/c1-3-10-17-14-8-5-9-15(16(14)18(19)20)21-13-7-4-6-12(2)11-13/h5,8-9,12-13,17H,3-4,6-7,10-11H2,1-2H3. The molecule has 2 unspecified atom stereocenters. The molecule has 1 N–H and O–H groups in total. The second-order valence-corrected chi connectivity index (χ2v) is 5.85. The van der Waals surface area contributed by atoms with E-state index >= 15 is 0 Å². The van der Waals surface area contributed by atoms with Gasteiger partial charge < -0.3 is 10.1 Å². The van der Waals surface area contributed by atoms with Crippen LogP contribution in [0, 0.1) is 16.0 Å². The van der Waals surface area contributed by atoms with E-state index in [0.717, 1.165) is 25.7 Å². The molecule has 0 bridgehead atoms. The van der Waals surface area contributed by atoms with E-state index in [0.29, 0.717) is 23.9 Å². The Bertz CT molecular complexity index is 490. The van der Waals surface area contributed by atoms with Gasteiger partial charge in [0.15, 0.2) is 5.75 Å². The van der Waals surface area contributed by atoms with Crippen molar-refractivity contribution in [2.24, 2.45) is 5.92 Å². The highest BCUT2D eigenvalue weighted by Gasteiger charge is 2.26. The van der Waals surface area contributed by atoms with Gasteiger partial charge in [0, 0.05) is 6.54 Å². The summed E-state index contributed by atoms with van der Waals surface area (Å²) < 4.78 is 5.96. The molecule has 0 heterocycles. The van der Waals surface area contributed by atoms with Crippen LogP contribution in [0.2, 0.25) is 0 Å². The first-order valence-corrected chi connectivity index (χ1v) is 7.79. The summed E-state index contributed by atoms with van der Waals surface area (Å²) in [5.41, 5.74) is 0.604. The van der Waals surface area contributed by atoms with Crippen molar-refractivity contribution in [1.29, 1.82) is 0 Å². The van der Waals surface area contributed by atoms with Crippen LogP contribution in [0.5, 0.6) is 5.75 Å². The monoisotopic (exact) mass is 292 g/mol. The Morgan fingerprint density at radius 3 is 2.90 bits per heavy atom. The maximum absolute atomic E-state index is 11.4. The Hall–Kier alpha value is -1.78. The molecule has 1 saturated carbocycles. The number of nitro groups is 1. The van der Waals surface area contributed by atoms with Gasteiger partial charge in [0.25, 0.3) is 0 Å². The molecule has 0 spiro atoms. The topological polar surface area (TPSA) is 64.4 Å². The van der Waals surface area contributed by atoms with Crippen LogP contribution in [-0.4, -0.2) is 17.6 Å². The number of hydrogen-bond donors (Lipinski definition) is 1. The van der Waals surface area contributed by atoms with E-state index in [4.69, 9.17) is 4.74 Å². The minimum absolute atomic E-state index is 0.0594. The summed E-state index contributed by atoms with van der Waals surface area (Å²) in [6.45, 7) is 4.95. The molecule has 0 amide bonds. The molecule has 21 heavy (non-hydrogen) atoms. The van der Waals surface area contributed by atoms with E-state index < -0.39 is 0 Å². The normalized spacial score (nSPS) is 21.8. The molecule has 0 aliphatic heterocycles. The van der Waals surface area contributed by atoms with Crippen LogP contribution < -0.4 is 10.1 Å². The first-order valence-electron chi connectivity index (χ1n) is 7.79. The maximum atomic E-state index is 11.4. The molecular weight excluding hydrogens is 268 g/mol. The van der Waals surface area contributed by atoms with Crippen molar-refractivity contribution in [3.8, 4) is 5.75 Å². The Balaban J connectivity index is 2.19. The van der Waals surface area contributed by atoms with Crippen molar-refractivity contribution >= 4 is 11.4 Å². The minimum atomic E-state index is -0.348. The van der Waals surface area contributed by atoms with Crippen LogP contribution in [0.1, 0.15) is 46.0 Å². The van der Waals surface area contributed by atoms with Crippen LogP contribution in [0.4, 0.5) is 11.4 Å². The summed E-state index contributed by atoms with van der Waals surface area (Å²) in [4.78, 5) is 11.0. The average Bonchev–Trinajstić information content (AvgIpc) is 2.45. The molecule has 5 nitrogen and oxygen atoms in total. The third-order valence-electron chi connectivity index (χ3n) is 3.93. The van der Waals surface area contributed by atoms with Gasteiger partial charge in [-0.3, -0.25) is 10.1 Å². The van der Waals surface area contributed by atoms with Gasteiger partial charge in [-0.25, -0.2) is 0 Å². The number of anilines is 1. The number of para-hydroxylation sites is 1.